The highest BCUT2D eigenvalue weighted by atomic mass is 35.5. The highest BCUT2D eigenvalue weighted by molar-refractivity contribution is 6.32. The van der Waals surface area contributed by atoms with E-state index in [0.29, 0.717) is 10.6 Å². The molecule has 0 aliphatic rings. The number of benzene rings is 2. The van der Waals surface area contributed by atoms with Crippen molar-refractivity contribution in [3.63, 3.8) is 0 Å². The third-order valence-electron chi connectivity index (χ3n) is 4.14. The Hall–Kier alpha value is -3.28. The molecule has 5 nitrogen and oxygen atoms in total. The van der Waals surface area contributed by atoms with E-state index in [2.05, 4.69) is 0 Å². The predicted octanol–water partition coefficient (Wildman–Crippen LogP) is 4.97. The Bertz CT molecular complexity index is 1280. The van der Waals surface area contributed by atoms with Crippen LogP contribution in [0.2, 0.25) is 10.0 Å². The summed E-state index contributed by atoms with van der Waals surface area (Å²) in [6, 6.07) is 8.61. The van der Waals surface area contributed by atoms with E-state index in [-0.39, 0.29) is 26.9 Å². The molecular weight excluding hydrogens is 444 g/mol. The molecule has 0 saturated heterocycles. The van der Waals surface area contributed by atoms with Gasteiger partial charge in [-0.05, 0) is 42.5 Å². The molecule has 0 amide bonds. The van der Waals surface area contributed by atoms with Crippen molar-refractivity contribution in [2.45, 2.75) is 6.18 Å². The van der Waals surface area contributed by atoms with Crippen molar-refractivity contribution in [1.29, 1.82) is 5.26 Å². The van der Waals surface area contributed by atoms with Gasteiger partial charge in [-0.25, -0.2) is 0 Å². The van der Waals surface area contributed by atoms with Gasteiger partial charge in [0.1, 0.15) is 17.4 Å². The van der Waals surface area contributed by atoms with Gasteiger partial charge in [0.05, 0.1) is 21.8 Å². The summed E-state index contributed by atoms with van der Waals surface area (Å²) in [5.74, 6) is -1.21. The van der Waals surface area contributed by atoms with E-state index in [1.807, 2.05) is 0 Å². The number of alkyl halides is 3. The third kappa shape index (κ3) is 4.03. The van der Waals surface area contributed by atoms with Crippen molar-refractivity contribution in [2.24, 2.45) is 0 Å². The molecule has 0 saturated carbocycles. The van der Waals surface area contributed by atoms with Crippen LogP contribution in [0.15, 0.2) is 53.5 Å². The van der Waals surface area contributed by atoms with Gasteiger partial charge < -0.3 is 5.11 Å². The Kier molecular flexibility index (Phi) is 5.61. The molecule has 3 aromatic rings. The molecule has 0 spiro atoms. The van der Waals surface area contributed by atoms with Crippen molar-refractivity contribution in [3.05, 3.63) is 91.3 Å². The lowest BCUT2D eigenvalue weighted by Gasteiger charge is -2.14. The zero-order chi connectivity index (χ0) is 22.2. The molecular formula is C20H9Cl2F3N2O3. The van der Waals surface area contributed by atoms with Crippen LogP contribution in [0.5, 0.6) is 5.75 Å². The third-order valence-corrected chi connectivity index (χ3v) is 4.69. The summed E-state index contributed by atoms with van der Waals surface area (Å²) in [6.45, 7) is 0. The number of carbonyl (C=O) groups is 1. The molecule has 0 atom stereocenters. The molecule has 30 heavy (non-hydrogen) atoms. The summed E-state index contributed by atoms with van der Waals surface area (Å²) >= 11 is 11.8. The first-order valence-electron chi connectivity index (χ1n) is 8.10. The molecule has 10 heteroatoms. The monoisotopic (exact) mass is 452 g/mol. The van der Waals surface area contributed by atoms with Crippen LogP contribution in [-0.4, -0.2) is 15.5 Å². The van der Waals surface area contributed by atoms with Crippen molar-refractivity contribution >= 4 is 29.0 Å². The number of ketones is 1. The number of nitrogens with zero attached hydrogens (tertiary/aromatic N) is 2. The van der Waals surface area contributed by atoms with Crippen LogP contribution in [-0.2, 0) is 6.18 Å². The fourth-order valence-corrected chi connectivity index (χ4v) is 3.07. The minimum Gasteiger partial charge on any atom is -0.507 e. The second-order valence-electron chi connectivity index (χ2n) is 6.08. The molecule has 0 fully saturated rings. The average Bonchev–Trinajstić information content (AvgIpc) is 2.69. The lowest BCUT2D eigenvalue weighted by atomic mass is 10.0. The largest absolute Gasteiger partial charge is 0.507 e. The van der Waals surface area contributed by atoms with Crippen LogP contribution in [0.1, 0.15) is 27.0 Å². The first-order chi connectivity index (χ1) is 14.0. The van der Waals surface area contributed by atoms with Crippen molar-refractivity contribution in [1.82, 2.24) is 4.57 Å². The lowest BCUT2D eigenvalue weighted by Crippen LogP contribution is -2.23. The van der Waals surface area contributed by atoms with E-state index in [9.17, 15) is 33.1 Å². The molecule has 0 radical (unpaired) electrons. The first kappa shape index (κ1) is 21.4. The number of aromatic hydroxyl groups is 1. The van der Waals surface area contributed by atoms with Crippen LogP contribution >= 0.6 is 23.2 Å². The number of rotatable bonds is 3. The molecule has 1 aromatic heterocycles. The van der Waals surface area contributed by atoms with Crippen LogP contribution in [0, 0.1) is 11.3 Å². The van der Waals surface area contributed by atoms with Crippen molar-refractivity contribution in [3.8, 4) is 17.5 Å². The molecule has 2 aromatic carbocycles. The molecule has 3 rings (SSSR count). The summed E-state index contributed by atoms with van der Waals surface area (Å²) in [4.78, 5) is 25.4. The molecule has 0 aliphatic carbocycles. The molecule has 0 unspecified atom stereocenters. The molecule has 152 valence electrons. The van der Waals surface area contributed by atoms with Gasteiger partial charge in [0.2, 0.25) is 0 Å². The smallest absolute Gasteiger partial charge is 0.416 e. The predicted molar refractivity (Wildman–Crippen MR) is 103 cm³/mol. The Morgan fingerprint density at radius 2 is 1.80 bits per heavy atom. The number of aromatic nitrogens is 1. The second kappa shape index (κ2) is 7.86. The highest BCUT2D eigenvalue weighted by Crippen LogP contribution is 2.33. The Balaban J connectivity index is 2.26. The second-order valence-corrected chi connectivity index (χ2v) is 6.93. The fourth-order valence-electron chi connectivity index (χ4n) is 2.68. The van der Waals surface area contributed by atoms with Gasteiger partial charge in [0, 0.05) is 16.8 Å². The maximum Gasteiger partial charge on any atom is 0.416 e. The minimum atomic E-state index is -4.71. The van der Waals surface area contributed by atoms with Crippen LogP contribution in [0.3, 0.4) is 0 Å². The quantitative estimate of drug-likeness (QED) is 0.568. The van der Waals surface area contributed by atoms with Gasteiger partial charge in [-0.15, -0.1) is 0 Å². The van der Waals surface area contributed by atoms with E-state index >= 15 is 0 Å². The number of hydrogen-bond donors (Lipinski definition) is 1. The van der Waals surface area contributed by atoms with E-state index in [1.165, 1.54) is 18.2 Å². The van der Waals surface area contributed by atoms with E-state index < -0.39 is 34.4 Å². The number of carbonyl (C=O) groups excluding carboxylic acids is 1. The zero-order valence-electron chi connectivity index (χ0n) is 14.7. The number of nitriles is 1. The van der Waals surface area contributed by atoms with Gasteiger partial charge in [-0.1, -0.05) is 23.2 Å². The number of phenolic OH excluding ortho intramolecular Hbond substituents is 1. The van der Waals surface area contributed by atoms with Crippen LogP contribution < -0.4 is 5.56 Å². The molecule has 1 heterocycles. The zero-order valence-corrected chi connectivity index (χ0v) is 16.2. The van der Waals surface area contributed by atoms with Gasteiger partial charge in [-0.2, -0.15) is 18.4 Å². The van der Waals surface area contributed by atoms with Gasteiger partial charge in [-0.3, -0.25) is 14.2 Å². The highest BCUT2D eigenvalue weighted by Gasteiger charge is 2.31. The van der Waals surface area contributed by atoms with E-state index in [4.69, 9.17) is 23.2 Å². The lowest BCUT2D eigenvalue weighted by molar-refractivity contribution is -0.137. The van der Waals surface area contributed by atoms with Crippen molar-refractivity contribution in [2.75, 3.05) is 0 Å². The Labute approximate surface area is 177 Å². The summed E-state index contributed by atoms with van der Waals surface area (Å²) in [6.07, 6.45) is -3.76. The number of pyridine rings is 1. The summed E-state index contributed by atoms with van der Waals surface area (Å²) < 4.78 is 40.0. The normalized spacial score (nSPS) is 11.2. The topological polar surface area (TPSA) is 83.1 Å². The number of halogens is 5. The maximum atomic E-state index is 13.1. The maximum absolute atomic E-state index is 13.1. The van der Waals surface area contributed by atoms with Gasteiger partial charge >= 0.3 is 6.18 Å². The van der Waals surface area contributed by atoms with Crippen LogP contribution in [0.25, 0.3) is 5.69 Å². The van der Waals surface area contributed by atoms with E-state index in [1.54, 1.807) is 6.07 Å². The van der Waals surface area contributed by atoms with Crippen LogP contribution in [0.4, 0.5) is 13.2 Å². The average molecular weight is 453 g/mol. The summed E-state index contributed by atoms with van der Waals surface area (Å²) in [5.41, 5.74) is -3.36. The minimum absolute atomic E-state index is 0.144. The standard InChI is InChI=1S/C20H9Cl2F3N2O3/c21-13-2-4-17(28)14(7-13)18(29)11-5-10(8-26)19(30)27(9-11)16-6-12(20(23,24)25)1-3-15(16)22/h1-7,9,28H. The Morgan fingerprint density at radius 3 is 2.43 bits per heavy atom. The SMILES string of the molecule is N#Cc1cc(C(=O)c2cc(Cl)ccc2O)cn(-c2cc(C(F)(F)F)ccc2Cl)c1=O. The molecule has 1 N–H and O–H groups in total. The first-order valence-corrected chi connectivity index (χ1v) is 8.85. The van der Waals surface area contributed by atoms with Crippen molar-refractivity contribution < 1.29 is 23.1 Å². The fraction of sp³-hybridized carbons (Fsp3) is 0.0500. The summed E-state index contributed by atoms with van der Waals surface area (Å²) in [7, 11) is 0. The Morgan fingerprint density at radius 1 is 1.10 bits per heavy atom. The number of hydrogen-bond acceptors (Lipinski definition) is 4. The molecule has 0 bridgehead atoms. The van der Waals surface area contributed by atoms with E-state index in [0.717, 1.165) is 24.4 Å². The molecule has 0 aliphatic heterocycles. The number of phenols is 1. The van der Waals surface area contributed by atoms with Gasteiger partial charge in [0.25, 0.3) is 5.56 Å². The summed E-state index contributed by atoms with van der Waals surface area (Å²) in [5, 5.41) is 19.1. The van der Waals surface area contributed by atoms with Gasteiger partial charge in [0.15, 0.2) is 5.78 Å².